The molecule has 0 aromatic carbocycles. The van der Waals surface area contributed by atoms with Crippen molar-refractivity contribution in [1.82, 2.24) is 15.2 Å². The molecule has 0 bridgehead atoms. The third-order valence-corrected chi connectivity index (χ3v) is 4.18. The van der Waals surface area contributed by atoms with Gasteiger partial charge in [-0.15, -0.1) is 0 Å². The minimum absolute atomic E-state index is 0.0207. The normalized spacial score (nSPS) is 16.8. The molecule has 2 amide bonds. The fourth-order valence-electron chi connectivity index (χ4n) is 2.64. The Balaban J connectivity index is 1.87. The predicted octanol–water partition coefficient (Wildman–Crippen LogP) is 2.40. The Hall–Kier alpha value is -2.02. The summed E-state index contributed by atoms with van der Waals surface area (Å²) in [6.07, 6.45) is 1.67. The highest BCUT2D eigenvalue weighted by atomic mass is 35.5. The summed E-state index contributed by atoms with van der Waals surface area (Å²) in [5.41, 5.74) is 0. The van der Waals surface area contributed by atoms with Crippen LogP contribution >= 0.6 is 11.6 Å². The van der Waals surface area contributed by atoms with Crippen molar-refractivity contribution in [2.75, 3.05) is 13.1 Å². The summed E-state index contributed by atoms with van der Waals surface area (Å²) in [6, 6.07) is 2.71. The van der Waals surface area contributed by atoms with Crippen molar-refractivity contribution in [3.05, 3.63) is 23.4 Å². The number of hydrogen-bond donors (Lipinski definition) is 2. The van der Waals surface area contributed by atoms with Gasteiger partial charge >= 0.3 is 6.09 Å². The molecule has 2 rings (SSSR count). The molecule has 8 heteroatoms. The van der Waals surface area contributed by atoms with Gasteiger partial charge in [0.05, 0.1) is 5.02 Å². The van der Waals surface area contributed by atoms with E-state index in [1.165, 1.54) is 6.20 Å². The molecule has 1 saturated heterocycles. The van der Waals surface area contributed by atoms with Crippen molar-refractivity contribution >= 4 is 23.6 Å². The molecule has 7 nitrogen and oxygen atoms in total. The maximum atomic E-state index is 12.5. The molecule has 2 heterocycles. The zero-order chi connectivity index (χ0) is 17.7. The van der Waals surface area contributed by atoms with Crippen molar-refractivity contribution in [3.8, 4) is 5.88 Å². The maximum absolute atomic E-state index is 12.5. The summed E-state index contributed by atoms with van der Waals surface area (Å²) < 4.78 is 5.79. The highest BCUT2D eigenvalue weighted by Crippen LogP contribution is 2.20. The zero-order valence-electron chi connectivity index (χ0n) is 13.7. The summed E-state index contributed by atoms with van der Waals surface area (Å²) >= 11 is 5.79. The molecule has 132 valence electrons. The maximum Gasteiger partial charge on any atom is 0.405 e. The van der Waals surface area contributed by atoms with Crippen LogP contribution in [0.25, 0.3) is 0 Å². The lowest BCUT2D eigenvalue weighted by atomic mass is 10.0. The number of hydrogen-bond acceptors (Lipinski definition) is 4. The van der Waals surface area contributed by atoms with Gasteiger partial charge in [-0.1, -0.05) is 25.4 Å². The second kappa shape index (κ2) is 8.19. The van der Waals surface area contributed by atoms with Gasteiger partial charge < -0.3 is 20.1 Å². The van der Waals surface area contributed by atoms with Gasteiger partial charge in [-0.05, 0) is 12.0 Å². The van der Waals surface area contributed by atoms with E-state index in [1.54, 1.807) is 17.0 Å². The van der Waals surface area contributed by atoms with Gasteiger partial charge in [0.25, 0.3) is 0 Å². The van der Waals surface area contributed by atoms with Crippen LogP contribution in [0.5, 0.6) is 5.88 Å². The number of carboxylic acid groups (broad SMARTS) is 1. The molecule has 1 aromatic heterocycles. The van der Waals surface area contributed by atoms with Crippen LogP contribution in [0.3, 0.4) is 0 Å². The number of nitrogens with zero attached hydrogens (tertiary/aromatic N) is 2. The molecule has 0 radical (unpaired) electrons. The summed E-state index contributed by atoms with van der Waals surface area (Å²) in [7, 11) is 0. The van der Waals surface area contributed by atoms with Crippen LogP contribution in [-0.2, 0) is 4.79 Å². The molecule has 0 saturated carbocycles. The Labute approximate surface area is 146 Å². The number of piperidine rings is 1. The van der Waals surface area contributed by atoms with Crippen LogP contribution in [0.2, 0.25) is 5.02 Å². The lowest BCUT2D eigenvalue weighted by Gasteiger charge is -2.35. The Morgan fingerprint density at radius 2 is 2.04 bits per heavy atom. The van der Waals surface area contributed by atoms with E-state index in [9.17, 15) is 9.59 Å². The van der Waals surface area contributed by atoms with Crippen molar-refractivity contribution in [2.45, 2.75) is 38.8 Å². The standard InChI is InChI=1S/C16H22ClN3O4/c1-10(2)14(19-16(22)23)15(21)20-7-5-12(6-8-20)24-13-4-3-11(17)9-18-13/h3-4,9-10,12,14,19H,5-8H2,1-2H3,(H,22,23)/t14-/m0/s1. The van der Waals surface area contributed by atoms with Gasteiger partial charge in [-0.3, -0.25) is 4.79 Å². The van der Waals surface area contributed by atoms with Crippen molar-refractivity contribution in [3.63, 3.8) is 0 Å². The number of carbonyl (C=O) groups is 2. The largest absolute Gasteiger partial charge is 0.474 e. The molecule has 1 atom stereocenters. The number of carbonyl (C=O) groups excluding carboxylic acids is 1. The minimum Gasteiger partial charge on any atom is -0.474 e. The van der Waals surface area contributed by atoms with Crippen molar-refractivity contribution in [2.24, 2.45) is 5.92 Å². The number of pyridine rings is 1. The van der Waals surface area contributed by atoms with Gasteiger partial charge in [-0.25, -0.2) is 9.78 Å². The first-order valence-corrected chi connectivity index (χ1v) is 8.31. The molecule has 2 N–H and O–H groups in total. The van der Waals surface area contributed by atoms with Gasteiger partial charge in [0.1, 0.15) is 12.1 Å². The lowest BCUT2D eigenvalue weighted by molar-refractivity contribution is -0.136. The van der Waals surface area contributed by atoms with E-state index in [-0.39, 0.29) is 17.9 Å². The summed E-state index contributed by atoms with van der Waals surface area (Å²) in [5.74, 6) is 0.216. The van der Waals surface area contributed by atoms with Gasteiger partial charge in [-0.2, -0.15) is 0 Å². The van der Waals surface area contributed by atoms with E-state index < -0.39 is 12.1 Å². The Morgan fingerprint density at radius 3 is 2.54 bits per heavy atom. The molecule has 0 unspecified atom stereocenters. The molecule has 24 heavy (non-hydrogen) atoms. The highest BCUT2D eigenvalue weighted by Gasteiger charge is 2.31. The van der Waals surface area contributed by atoms with Gasteiger partial charge in [0, 0.05) is 38.2 Å². The third-order valence-electron chi connectivity index (χ3n) is 3.95. The smallest absolute Gasteiger partial charge is 0.405 e. The van der Waals surface area contributed by atoms with E-state index in [0.29, 0.717) is 36.8 Å². The second-order valence-corrected chi connectivity index (χ2v) is 6.56. The molecule has 1 aliphatic rings. The van der Waals surface area contributed by atoms with Crippen molar-refractivity contribution in [1.29, 1.82) is 0 Å². The Morgan fingerprint density at radius 1 is 1.38 bits per heavy atom. The second-order valence-electron chi connectivity index (χ2n) is 6.13. The fraction of sp³-hybridized carbons (Fsp3) is 0.562. The van der Waals surface area contributed by atoms with Crippen LogP contribution in [0.4, 0.5) is 4.79 Å². The summed E-state index contributed by atoms with van der Waals surface area (Å²) in [4.78, 5) is 29.2. The van der Waals surface area contributed by atoms with Crippen LogP contribution in [0.15, 0.2) is 18.3 Å². The van der Waals surface area contributed by atoms with E-state index in [1.807, 2.05) is 13.8 Å². The fourth-order valence-corrected chi connectivity index (χ4v) is 2.75. The Bertz CT molecular complexity index is 571. The lowest BCUT2D eigenvalue weighted by Crippen LogP contribution is -2.53. The van der Waals surface area contributed by atoms with Crippen LogP contribution in [-0.4, -0.2) is 52.2 Å². The molecular formula is C16H22ClN3O4. The molecule has 1 aromatic rings. The molecule has 1 aliphatic heterocycles. The number of nitrogens with one attached hydrogen (secondary N) is 1. The number of aromatic nitrogens is 1. The average molecular weight is 356 g/mol. The Kier molecular flexibility index (Phi) is 6.25. The van der Waals surface area contributed by atoms with Crippen LogP contribution in [0, 0.1) is 5.92 Å². The summed E-state index contributed by atoms with van der Waals surface area (Å²) in [6.45, 7) is 4.70. The molecule has 0 spiro atoms. The molecule has 1 fully saturated rings. The number of ether oxygens (including phenoxy) is 1. The average Bonchev–Trinajstić information content (AvgIpc) is 2.54. The number of amides is 2. The van der Waals surface area contributed by atoms with Crippen molar-refractivity contribution < 1.29 is 19.4 Å². The highest BCUT2D eigenvalue weighted by molar-refractivity contribution is 6.30. The minimum atomic E-state index is -1.19. The molecule has 0 aliphatic carbocycles. The number of likely N-dealkylation sites (tertiary alicyclic amines) is 1. The summed E-state index contributed by atoms with van der Waals surface area (Å²) in [5, 5.41) is 11.7. The van der Waals surface area contributed by atoms with Gasteiger partial charge in [0.2, 0.25) is 11.8 Å². The first kappa shape index (κ1) is 18.3. The van der Waals surface area contributed by atoms with E-state index in [4.69, 9.17) is 21.4 Å². The first-order chi connectivity index (χ1) is 11.4. The third kappa shape index (κ3) is 4.99. The van der Waals surface area contributed by atoms with Crippen LogP contribution < -0.4 is 10.1 Å². The SMILES string of the molecule is CC(C)[C@H](NC(=O)O)C(=O)N1CCC(Oc2ccc(Cl)cn2)CC1. The van der Waals surface area contributed by atoms with E-state index in [0.717, 1.165) is 0 Å². The quantitative estimate of drug-likeness (QED) is 0.846. The van der Waals surface area contributed by atoms with Gasteiger partial charge in [0.15, 0.2) is 0 Å². The van der Waals surface area contributed by atoms with E-state index in [2.05, 4.69) is 10.3 Å². The number of rotatable bonds is 5. The van der Waals surface area contributed by atoms with E-state index >= 15 is 0 Å². The monoisotopic (exact) mass is 355 g/mol. The van der Waals surface area contributed by atoms with Crippen LogP contribution in [0.1, 0.15) is 26.7 Å². The first-order valence-electron chi connectivity index (χ1n) is 7.93. The molecular weight excluding hydrogens is 334 g/mol. The number of halogens is 1. The predicted molar refractivity (Wildman–Crippen MR) is 89.3 cm³/mol. The zero-order valence-corrected chi connectivity index (χ0v) is 14.5. The topological polar surface area (TPSA) is 91.8 Å².